The summed E-state index contributed by atoms with van der Waals surface area (Å²) < 4.78 is 4.53. The summed E-state index contributed by atoms with van der Waals surface area (Å²) in [5, 5.41) is 0.572. The van der Waals surface area contributed by atoms with Crippen LogP contribution in [0.1, 0.15) is 12.5 Å². The molecule has 1 rings (SSSR count). The average Bonchev–Trinajstić information content (AvgIpc) is 2.28. The number of esters is 1. The van der Waals surface area contributed by atoms with Crippen LogP contribution in [0.3, 0.4) is 0 Å². The van der Waals surface area contributed by atoms with Crippen molar-refractivity contribution < 1.29 is 14.3 Å². The number of rotatable bonds is 4. The minimum atomic E-state index is -0.720. The second-order valence-corrected chi connectivity index (χ2v) is 4.19. The van der Waals surface area contributed by atoms with Gasteiger partial charge in [0.15, 0.2) is 5.78 Å². The normalized spacial score (nSPS) is 11.7. The third-order valence-electron chi connectivity index (χ3n) is 2.35. The van der Waals surface area contributed by atoms with Gasteiger partial charge in [0.25, 0.3) is 0 Å². The van der Waals surface area contributed by atoms with Crippen LogP contribution in [0.5, 0.6) is 0 Å². The molecule has 0 aliphatic rings. The molecular formula is C13H14ClNO3. The number of hydrogen-bond donors (Lipinski definition) is 1. The maximum atomic E-state index is 11.4. The summed E-state index contributed by atoms with van der Waals surface area (Å²) in [6.45, 7) is 1.27. The molecular weight excluding hydrogens is 254 g/mol. The number of carbonyl (C=O) groups is 2. The van der Waals surface area contributed by atoms with E-state index in [9.17, 15) is 9.59 Å². The van der Waals surface area contributed by atoms with Crippen molar-refractivity contribution >= 4 is 23.4 Å². The molecule has 4 nitrogen and oxygen atoms in total. The fourth-order valence-electron chi connectivity index (χ4n) is 1.56. The maximum Gasteiger partial charge on any atom is 0.343 e. The SMILES string of the molecule is COC(=O)C(C(C)=O)=C(N)Cc1cccc(Cl)c1. The standard InChI is InChI=1S/C13H14ClNO3/c1-8(16)12(13(17)18-2)11(15)7-9-4-3-5-10(14)6-9/h3-6H,7,15H2,1-2H3. The molecule has 1 aromatic carbocycles. The van der Waals surface area contributed by atoms with E-state index in [2.05, 4.69) is 4.74 Å². The van der Waals surface area contributed by atoms with Crippen LogP contribution in [0.15, 0.2) is 35.5 Å². The molecule has 0 aliphatic carbocycles. The topological polar surface area (TPSA) is 69.4 Å². The van der Waals surface area contributed by atoms with Gasteiger partial charge >= 0.3 is 5.97 Å². The molecule has 0 unspecified atom stereocenters. The van der Waals surface area contributed by atoms with E-state index in [1.54, 1.807) is 18.2 Å². The average molecular weight is 268 g/mol. The van der Waals surface area contributed by atoms with E-state index in [0.717, 1.165) is 5.56 Å². The van der Waals surface area contributed by atoms with E-state index in [0.29, 0.717) is 5.02 Å². The highest BCUT2D eigenvalue weighted by molar-refractivity contribution is 6.30. The van der Waals surface area contributed by atoms with Crippen molar-refractivity contribution in [2.75, 3.05) is 7.11 Å². The van der Waals surface area contributed by atoms with Crippen molar-refractivity contribution in [1.82, 2.24) is 0 Å². The minimum Gasteiger partial charge on any atom is -0.465 e. The number of benzene rings is 1. The molecule has 0 atom stereocenters. The van der Waals surface area contributed by atoms with E-state index in [4.69, 9.17) is 17.3 Å². The predicted octanol–water partition coefficient (Wildman–Crippen LogP) is 1.86. The van der Waals surface area contributed by atoms with Crippen LogP contribution in [0, 0.1) is 0 Å². The first-order valence-corrected chi connectivity index (χ1v) is 5.65. The van der Waals surface area contributed by atoms with Crippen LogP contribution >= 0.6 is 11.6 Å². The van der Waals surface area contributed by atoms with Gasteiger partial charge in [-0.1, -0.05) is 23.7 Å². The Hall–Kier alpha value is -1.81. The lowest BCUT2D eigenvalue weighted by molar-refractivity contribution is -0.137. The Morgan fingerprint density at radius 3 is 2.56 bits per heavy atom. The molecule has 1 aromatic rings. The number of hydrogen-bond acceptors (Lipinski definition) is 4. The zero-order valence-electron chi connectivity index (χ0n) is 10.2. The molecule has 0 radical (unpaired) electrons. The number of halogens is 1. The summed E-state index contributed by atoms with van der Waals surface area (Å²) >= 11 is 5.84. The zero-order valence-corrected chi connectivity index (χ0v) is 11.0. The van der Waals surface area contributed by atoms with Crippen molar-refractivity contribution in [2.45, 2.75) is 13.3 Å². The second-order valence-electron chi connectivity index (χ2n) is 3.75. The largest absolute Gasteiger partial charge is 0.465 e. The zero-order chi connectivity index (χ0) is 13.7. The molecule has 0 aromatic heterocycles. The highest BCUT2D eigenvalue weighted by atomic mass is 35.5. The van der Waals surface area contributed by atoms with Gasteiger partial charge in [0.05, 0.1) is 7.11 Å². The summed E-state index contributed by atoms with van der Waals surface area (Å²) in [6, 6.07) is 7.05. The van der Waals surface area contributed by atoms with Crippen LogP contribution in [-0.4, -0.2) is 18.9 Å². The van der Waals surface area contributed by atoms with Crippen LogP contribution in [0.25, 0.3) is 0 Å². The monoisotopic (exact) mass is 267 g/mol. The fraction of sp³-hybridized carbons (Fsp3) is 0.231. The molecule has 18 heavy (non-hydrogen) atoms. The lowest BCUT2D eigenvalue weighted by Gasteiger charge is -2.08. The van der Waals surface area contributed by atoms with E-state index < -0.39 is 11.8 Å². The first-order chi connectivity index (χ1) is 8.45. The molecule has 96 valence electrons. The number of nitrogens with two attached hydrogens (primary N) is 1. The summed E-state index contributed by atoms with van der Waals surface area (Å²) in [5.74, 6) is -1.14. The molecule has 0 saturated heterocycles. The van der Waals surface area contributed by atoms with E-state index in [1.165, 1.54) is 14.0 Å². The molecule has 0 saturated carbocycles. The third-order valence-corrected chi connectivity index (χ3v) is 2.58. The molecule has 0 aliphatic heterocycles. The van der Waals surface area contributed by atoms with Gasteiger partial charge in [0.1, 0.15) is 5.57 Å². The summed E-state index contributed by atoms with van der Waals surface area (Å²) in [5.41, 5.74) is 6.68. The van der Waals surface area contributed by atoms with Gasteiger partial charge in [0, 0.05) is 17.1 Å². The highest BCUT2D eigenvalue weighted by Crippen LogP contribution is 2.15. The van der Waals surface area contributed by atoms with Gasteiger partial charge in [-0.2, -0.15) is 0 Å². The number of ketones is 1. The Labute approximate surface area is 110 Å². The lowest BCUT2D eigenvalue weighted by Crippen LogP contribution is -2.19. The quantitative estimate of drug-likeness (QED) is 0.391. The lowest BCUT2D eigenvalue weighted by atomic mass is 10.0. The molecule has 0 spiro atoms. The number of ether oxygens (including phenoxy) is 1. The number of methoxy groups -OCH3 is 1. The second kappa shape index (κ2) is 6.21. The number of carbonyl (C=O) groups excluding carboxylic acids is 2. The van der Waals surface area contributed by atoms with E-state index >= 15 is 0 Å². The van der Waals surface area contributed by atoms with Crippen LogP contribution in [0.2, 0.25) is 5.02 Å². The van der Waals surface area contributed by atoms with Crippen molar-refractivity contribution in [3.8, 4) is 0 Å². The third kappa shape index (κ3) is 3.60. The van der Waals surface area contributed by atoms with Gasteiger partial charge in [-0.3, -0.25) is 4.79 Å². The Morgan fingerprint density at radius 2 is 2.06 bits per heavy atom. The van der Waals surface area contributed by atoms with Crippen molar-refractivity contribution in [2.24, 2.45) is 5.73 Å². The van der Waals surface area contributed by atoms with Crippen molar-refractivity contribution in [3.05, 3.63) is 46.1 Å². The summed E-state index contributed by atoms with van der Waals surface area (Å²) in [4.78, 5) is 22.8. The Kier molecular flexibility index (Phi) is 4.92. The molecule has 5 heteroatoms. The van der Waals surface area contributed by atoms with Gasteiger partial charge in [-0.05, 0) is 24.6 Å². The first kappa shape index (κ1) is 14.3. The van der Waals surface area contributed by atoms with Gasteiger partial charge in [-0.15, -0.1) is 0 Å². The van der Waals surface area contributed by atoms with Crippen molar-refractivity contribution in [3.63, 3.8) is 0 Å². The molecule has 0 amide bonds. The van der Waals surface area contributed by atoms with Crippen molar-refractivity contribution in [1.29, 1.82) is 0 Å². The number of allylic oxidation sites excluding steroid dienone is 1. The molecule has 2 N–H and O–H groups in total. The minimum absolute atomic E-state index is 0.113. The molecule has 0 heterocycles. The van der Waals surface area contributed by atoms with E-state index in [-0.39, 0.29) is 17.7 Å². The first-order valence-electron chi connectivity index (χ1n) is 5.28. The summed E-state index contributed by atoms with van der Waals surface area (Å²) in [6.07, 6.45) is 0.268. The van der Waals surface area contributed by atoms with Gasteiger partial charge in [0.2, 0.25) is 0 Å². The van der Waals surface area contributed by atoms with Gasteiger partial charge < -0.3 is 10.5 Å². The summed E-state index contributed by atoms with van der Waals surface area (Å²) in [7, 11) is 1.21. The fourth-order valence-corrected chi connectivity index (χ4v) is 1.77. The Bertz CT molecular complexity index is 509. The van der Waals surface area contributed by atoms with Crippen LogP contribution in [0.4, 0.5) is 0 Å². The van der Waals surface area contributed by atoms with Crippen LogP contribution in [-0.2, 0) is 20.7 Å². The maximum absolute atomic E-state index is 11.4. The molecule has 0 bridgehead atoms. The predicted molar refractivity (Wildman–Crippen MR) is 69.1 cm³/mol. The highest BCUT2D eigenvalue weighted by Gasteiger charge is 2.19. The molecule has 0 fully saturated rings. The Morgan fingerprint density at radius 1 is 1.39 bits per heavy atom. The number of Topliss-reactive ketones (excluding diaryl/α,β-unsaturated/α-hetero) is 1. The van der Waals surface area contributed by atoms with E-state index in [1.807, 2.05) is 6.07 Å². The van der Waals surface area contributed by atoms with Crippen LogP contribution < -0.4 is 5.73 Å². The Balaban J connectivity index is 3.06. The van der Waals surface area contributed by atoms with Gasteiger partial charge in [-0.25, -0.2) is 4.79 Å². The smallest absolute Gasteiger partial charge is 0.343 e.